The number of carbonyl (C=O) groups is 1. The molecule has 2 unspecified atom stereocenters. The highest BCUT2D eigenvalue weighted by atomic mass is 16.3. The quantitative estimate of drug-likeness (QED) is 0.826. The van der Waals surface area contributed by atoms with E-state index in [4.69, 9.17) is 0 Å². The van der Waals surface area contributed by atoms with E-state index in [1.54, 1.807) is 13.1 Å². The number of rotatable bonds is 2. The molecule has 1 N–H and O–H groups in total. The third kappa shape index (κ3) is 1.21. The van der Waals surface area contributed by atoms with Gasteiger partial charge in [-0.2, -0.15) is 0 Å². The van der Waals surface area contributed by atoms with E-state index < -0.39 is 5.72 Å². The highest BCUT2D eigenvalue weighted by molar-refractivity contribution is 5.99. The van der Waals surface area contributed by atoms with Gasteiger partial charge in [-0.05, 0) is 12.5 Å². The van der Waals surface area contributed by atoms with Crippen molar-refractivity contribution in [2.45, 2.75) is 26.0 Å². The lowest BCUT2D eigenvalue weighted by atomic mass is 9.88. The molecule has 1 aliphatic heterocycles. The van der Waals surface area contributed by atoms with Crippen LogP contribution in [0.15, 0.2) is 24.3 Å². The largest absolute Gasteiger partial charge is 0.366 e. The molecular weight excluding hydrogens is 202 g/mol. The van der Waals surface area contributed by atoms with Crippen LogP contribution in [0.3, 0.4) is 0 Å². The summed E-state index contributed by atoms with van der Waals surface area (Å²) in [5.74, 6) is -0.0801. The van der Waals surface area contributed by atoms with Gasteiger partial charge in [0.15, 0.2) is 5.72 Å². The normalized spacial score (nSPS) is 25.8. The minimum atomic E-state index is -1.15. The monoisotopic (exact) mass is 219 g/mol. The molecule has 0 aromatic heterocycles. The Morgan fingerprint density at radius 2 is 2.06 bits per heavy atom. The van der Waals surface area contributed by atoms with Gasteiger partial charge >= 0.3 is 0 Å². The summed E-state index contributed by atoms with van der Waals surface area (Å²) in [5, 5.41) is 10.8. The van der Waals surface area contributed by atoms with Gasteiger partial charge in [0.25, 0.3) is 5.91 Å². The summed E-state index contributed by atoms with van der Waals surface area (Å²) in [6.07, 6.45) is 0.822. The Bertz CT molecular complexity index is 430. The van der Waals surface area contributed by atoms with E-state index in [0.29, 0.717) is 5.56 Å². The summed E-state index contributed by atoms with van der Waals surface area (Å²) >= 11 is 0. The van der Waals surface area contributed by atoms with Gasteiger partial charge in [0, 0.05) is 24.1 Å². The van der Waals surface area contributed by atoms with E-state index >= 15 is 0 Å². The van der Waals surface area contributed by atoms with Crippen LogP contribution in [0, 0.1) is 5.92 Å². The average molecular weight is 219 g/mol. The molecule has 1 aromatic carbocycles. The van der Waals surface area contributed by atoms with Gasteiger partial charge in [-0.3, -0.25) is 4.79 Å². The fourth-order valence-corrected chi connectivity index (χ4v) is 2.39. The van der Waals surface area contributed by atoms with E-state index in [0.717, 1.165) is 12.0 Å². The van der Waals surface area contributed by atoms with Crippen molar-refractivity contribution in [1.82, 2.24) is 4.90 Å². The SMILES string of the molecule is CCC(C)C1(O)c2ccccc2C(=O)N1C. The molecule has 0 aliphatic carbocycles. The molecule has 0 spiro atoms. The lowest BCUT2D eigenvalue weighted by molar-refractivity contribution is -0.114. The van der Waals surface area contributed by atoms with E-state index in [1.807, 2.05) is 32.0 Å². The van der Waals surface area contributed by atoms with Gasteiger partial charge in [0.05, 0.1) is 0 Å². The smallest absolute Gasteiger partial charge is 0.256 e. The third-order valence-electron chi connectivity index (χ3n) is 3.67. The fourth-order valence-electron chi connectivity index (χ4n) is 2.39. The van der Waals surface area contributed by atoms with Crippen LogP contribution in [0.4, 0.5) is 0 Å². The molecule has 2 atom stereocenters. The van der Waals surface area contributed by atoms with Crippen molar-refractivity contribution >= 4 is 5.91 Å². The van der Waals surface area contributed by atoms with E-state index in [2.05, 4.69) is 0 Å². The number of aliphatic hydroxyl groups is 1. The number of hydrogen-bond acceptors (Lipinski definition) is 2. The molecule has 0 bridgehead atoms. The maximum absolute atomic E-state index is 12.0. The standard InChI is InChI=1S/C13H17NO2/c1-4-9(2)13(16)11-8-6-5-7-10(11)12(15)14(13)3/h5-9,16H,4H2,1-3H3. The summed E-state index contributed by atoms with van der Waals surface area (Å²) in [6.45, 7) is 3.98. The highest BCUT2D eigenvalue weighted by Gasteiger charge is 2.49. The Labute approximate surface area is 95.7 Å². The first-order valence-corrected chi connectivity index (χ1v) is 5.63. The van der Waals surface area contributed by atoms with Crippen LogP contribution < -0.4 is 0 Å². The first-order valence-electron chi connectivity index (χ1n) is 5.63. The third-order valence-corrected chi connectivity index (χ3v) is 3.67. The molecule has 0 radical (unpaired) electrons. The van der Waals surface area contributed by atoms with Gasteiger partial charge in [0.1, 0.15) is 0 Å². The van der Waals surface area contributed by atoms with Crippen molar-refractivity contribution in [2.75, 3.05) is 7.05 Å². The predicted molar refractivity (Wildman–Crippen MR) is 61.9 cm³/mol. The van der Waals surface area contributed by atoms with Crippen molar-refractivity contribution < 1.29 is 9.90 Å². The molecule has 2 rings (SSSR count). The number of benzene rings is 1. The predicted octanol–water partition coefficient (Wildman–Crippen LogP) is 1.96. The molecule has 1 aromatic rings. The number of carbonyl (C=O) groups excluding carboxylic acids is 1. The van der Waals surface area contributed by atoms with Gasteiger partial charge in [-0.15, -0.1) is 0 Å². The number of nitrogens with zero attached hydrogens (tertiary/aromatic N) is 1. The average Bonchev–Trinajstić information content (AvgIpc) is 2.52. The molecule has 1 aliphatic rings. The van der Waals surface area contributed by atoms with Crippen molar-refractivity contribution in [3.8, 4) is 0 Å². The molecule has 3 nitrogen and oxygen atoms in total. The summed E-state index contributed by atoms with van der Waals surface area (Å²) < 4.78 is 0. The summed E-state index contributed by atoms with van der Waals surface area (Å²) in [7, 11) is 1.66. The Morgan fingerprint density at radius 1 is 1.44 bits per heavy atom. The van der Waals surface area contributed by atoms with Gasteiger partial charge in [0.2, 0.25) is 0 Å². The minimum Gasteiger partial charge on any atom is -0.366 e. The molecule has 16 heavy (non-hydrogen) atoms. The van der Waals surface area contributed by atoms with Crippen LogP contribution in [0.5, 0.6) is 0 Å². The Kier molecular flexibility index (Phi) is 2.50. The van der Waals surface area contributed by atoms with Crippen LogP contribution in [0.2, 0.25) is 0 Å². The van der Waals surface area contributed by atoms with E-state index in [9.17, 15) is 9.90 Å². The maximum atomic E-state index is 12.0. The van der Waals surface area contributed by atoms with Crippen molar-refractivity contribution in [3.05, 3.63) is 35.4 Å². The molecule has 86 valence electrons. The number of fused-ring (bicyclic) bond motifs is 1. The fraction of sp³-hybridized carbons (Fsp3) is 0.462. The summed E-state index contributed by atoms with van der Waals surface area (Å²) in [5.41, 5.74) is 0.201. The molecule has 1 amide bonds. The van der Waals surface area contributed by atoms with Crippen LogP contribution >= 0.6 is 0 Å². The molecular formula is C13H17NO2. The summed E-state index contributed by atoms with van der Waals surface area (Å²) in [6, 6.07) is 7.29. The maximum Gasteiger partial charge on any atom is 0.256 e. The Morgan fingerprint density at radius 3 is 2.69 bits per heavy atom. The lowest BCUT2D eigenvalue weighted by Crippen LogP contribution is -2.45. The number of amides is 1. The lowest BCUT2D eigenvalue weighted by Gasteiger charge is -2.36. The zero-order valence-electron chi connectivity index (χ0n) is 9.90. The molecule has 1 heterocycles. The molecule has 0 fully saturated rings. The zero-order valence-corrected chi connectivity index (χ0v) is 9.90. The van der Waals surface area contributed by atoms with Crippen molar-refractivity contribution in [3.63, 3.8) is 0 Å². The number of hydrogen-bond donors (Lipinski definition) is 1. The summed E-state index contributed by atoms with van der Waals surface area (Å²) in [4.78, 5) is 13.4. The van der Waals surface area contributed by atoms with Crippen LogP contribution in [-0.2, 0) is 5.72 Å². The van der Waals surface area contributed by atoms with Gasteiger partial charge < -0.3 is 10.0 Å². The second-order valence-corrected chi connectivity index (χ2v) is 4.45. The topological polar surface area (TPSA) is 40.5 Å². The van der Waals surface area contributed by atoms with Crippen LogP contribution in [0.25, 0.3) is 0 Å². The van der Waals surface area contributed by atoms with Crippen molar-refractivity contribution in [2.24, 2.45) is 5.92 Å². The minimum absolute atomic E-state index is 0.0186. The van der Waals surface area contributed by atoms with Crippen LogP contribution in [-0.4, -0.2) is 23.0 Å². The highest BCUT2D eigenvalue weighted by Crippen LogP contribution is 2.42. The zero-order chi connectivity index (χ0) is 11.9. The van der Waals surface area contributed by atoms with Gasteiger partial charge in [-0.1, -0.05) is 32.0 Å². The van der Waals surface area contributed by atoms with E-state index in [-0.39, 0.29) is 11.8 Å². The van der Waals surface area contributed by atoms with Gasteiger partial charge in [-0.25, -0.2) is 0 Å². The molecule has 0 saturated carbocycles. The second-order valence-electron chi connectivity index (χ2n) is 4.45. The Balaban J connectivity index is 2.60. The molecule has 0 saturated heterocycles. The second kappa shape index (κ2) is 3.59. The van der Waals surface area contributed by atoms with Crippen LogP contribution in [0.1, 0.15) is 36.2 Å². The Hall–Kier alpha value is -1.35. The first-order chi connectivity index (χ1) is 7.53. The van der Waals surface area contributed by atoms with E-state index in [1.165, 1.54) is 4.90 Å². The first kappa shape index (κ1) is 11.1. The molecule has 3 heteroatoms. The van der Waals surface area contributed by atoms with Crippen molar-refractivity contribution in [1.29, 1.82) is 0 Å².